The van der Waals surface area contributed by atoms with Crippen LogP contribution in [0.15, 0.2) is 46.9 Å². The van der Waals surface area contributed by atoms with Crippen LogP contribution in [0.4, 0.5) is 18.9 Å². The molecule has 0 aromatic heterocycles. The number of nitrogens with zero attached hydrogens (tertiary/aromatic N) is 2. The minimum Gasteiger partial charge on any atom is -0.352 e. The van der Waals surface area contributed by atoms with Crippen molar-refractivity contribution in [3.8, 4) is 0 Å². The van der Waals surface area contributed by atoms with Crippen molar-refractivity contribution < 1.29 is 31.2 Å². The van der Waals surface area contributed by atoms with Crippen LogP contribution in [0.25, 0.3) is 0 Å². The summed E-state index contributed by atoms with van der Waals surface area (Å²) >= 11 is 9.43. The predicted octanol–water partition coefficient (Wildman–Crippen LogP) is 5.36. The highest BCUT2D eigenvalue weighted by Crippen LogP contribution is 2.36. The molecule has 38 heavy (non-hydrogen) atoms. The Balaban J connectivity index is 1.95. The van der Waals surface area contributed by atoms with Crippen LogP contribution in [0.5, 0.6) is 0 Å². The molecule has 1 N–H and O–H groups in total. The van der Waals surface area contributed by atoms with Crippen LogP contribution in [-0.4, -0.2) is 50.0 Å². The molecule has 1 aliphatic carbocycles. The van der Waals surface area contributed by atoms with Gasteiger partial charge in [-0.05, 0) is 55.7 Å². The Morgan fingerprint density at radius 3 is 2.29 bits per heavy atom. The highest BCUT2D eigenvalue weighted by Gasteiger charge is 2.35. The lowest BCUT2D eigenvalue weighted by atomic mass is 10.1. The van der Waals surface area contributed by atoms with E-state index in [-0.39, 0.29) is 17.6 Å². The summed E-state index contributed by atoms with van der Waals surface area (Å²) in [7, 11) is -4.25. The maximum atomic E-state index is 13.6. The van der Waals surface area contributed by atoms with Gasteiger partial charge in [-0.25, -0.2) is 8.42 Å². The third-order valence-electron chi connectivity index (χ3n) is 6.36. The van der Waals surface area contributed by atoms with E-state index in [9.17, 15) is 31.2 Å². The predicted molar refractivity (Wildman–Crippen MR) is 143 cm³/mol. The maximum absolute atomic E-state index is 13.6. The number of hydrogen-bond donors (Lipinski definition) is 1. The van der Waals surface area contributed by atoms with E-state index >= 15 is 0 Å². The Morgan fingerprint density at radius 1 is 1.13 bits per heavy atom. The Bertz CT molecular complexity index is 1270. The van der Waals surface area contributed by atoms with Gasteiger partial charge in [0.25, 0.3) is 0 Å². The number of anilines is 1. The topological polar surface area (TPSA) is 86.8 Å². The van der Waals surface area contributed by atoms with Gasteiger partial charge in [-0.1, -0.05) is 52.5 Å². The Hall–Kier alpha value is -2.31. The summed E-state index contributed by atoms with van der Waals surface area (Å²) in [6.07, 6.45) is -0.354. The molecule has 1 unspecified atom stereocenters. The molecular formula is C25H28BrClF3N3O4S. The number of hydrogen-bond acceptors (Lipinski definition) is 4. The zero-order valence-corrected chi connectivity index (χ0v) is 23.9. The van der Waals surface area contributed by atoms with Crippen LogP contribution < -0.4 is 9.62 Å². The van der Waals surface area contributed by atoms with Gasteiger partial charge in [0, 0.05) is 17.1 Å². The fraction of sp³-hybridized carbons (Fsp3) is 0.440. The van der Waals surface area contributed by atoms with Gasteiger partial charge in [-0.3, -0.25) is 13.9 Å². The van der Waals surface area contributed by atoms with Crippen LogP contribution in [0.2, 0.25) is 5.02 Å². The normalized spacial score (nSPS) is 15.2. The lowest BCUT2D eigenvalue weighted by Crippen LogP contribution is -2.52. The van der Waals surface area contributed by atoms with Crippen molar-refractivity contribution in [1.82, 2.24) is 10.2 Å². The Labute approximate surface area is 233 Å². The van der Waals surface area contributed by atoms with Crippen molar-refractivity contribution in [2.24, 2.45) is 0 Å². The molecule has 7 nitrogen and oxygen atoms in total. The maximum Gasteiger partial charge on any atom is 0.416 e. The fourth-order valence-corrected chi connectivity index (χ4v) is 5.62. The summed E-state index contributed by atoms with van der Waals surface area (Å²) in [6.45, 7) is 0.653. The van der Waals surface area contributed by atoms with Crippen LogP contribution in [0, 0.1) is 0 Å². The van der Waals surface area contributed by atoms with E-state index in [2.05, 4.69) is 21.2 Å². The lowest BCUT2D eigenvalue weighted by molar-refractivity contribution is -0.139. The number of benzene rings is 2. The van der Waals surface area contributed by atoms with Gasteiger partial charge in [0.15, 0.2) is 0 Å². The van der Waals surface area contributed by atoms with E-state index in [1.54, 1.807) is 24.3 Å². The molecule has 208 valence electrons. The molecule has 13 heteroatoms. The molecule has 0 bridgehead atoms. The fourth-order valence-electron chi connectivity index (χ4n) is 4.24. The quantitative estimate of drug-likeness (QED) is 0.401. The van der Waals surface area contributed by atoms with E-state index in [1.807, 2.05) is 0 Å². The number of alkyl halides is 3. The summed E-state index contributed by atoms with van der Waals surface area (Å²) < 4.78 is 66.7. The van der Waals surface area contributed by atoms with Crippen molar-refractivity contribution >= 4 is 55.1 Å². The standard InChI is InChI=1S/C25H28BrClF3N3O4S/c1-16(24(35)31-20-5-3-4-6-20)32(14-17-7-10-19(26)11-8-17)23(34)15-33(38(2,36)37)22-13-18(25(28,29)30)9-12-21(22)27/h7-13,16,20H,3-6,14-15H2,1-2H3,(H,31,35). The number of amides is 2. The van der Waals surface area contributed by atoms with E-state index in [0.29, 0.717) is 15.9 Å². The third kappa shape index (κ3) is 7.86. The first-order valence-electron chi connectivity index (χ1n) is 11.9. The second kappa shape index (κ2) is 12.3. The average molecular weight is 639 g/mol. The van der Waals surface area contributed by atoms with E-state index < -0.39 is 51.9 Å². The lowest BCUT2D eigenvalue weighted by Gasteiger charge is -2.32. The Kier molecular flexibility index (Phi) is 9.75. The number of rotatable bonds is 9. The second-order valence-electron chi connectivity index (χ2n) is 9.25. The first kappa shape index (κ1) is 30.2. The van der Waals surface area contributed by atoms with E-state index in [0.717, 1.165) is 48.5 Å². The molecule has 1 saturated carbocycles. The van der Waals surface area contributed by atoms with Crippen LogP contribution in [-0.2, 0) is 32.3 Å². The van der Waals surface area contributed by atoms with Crippen molar-refractivity contribution in [2.75, 3.05) is 17.1 Å². The highest BCUT2D eigenvalue weighted by molar-refractivity contribution is 9.10. The monoisotopic (exact) mass is 637 g/mol. The van der Waals surface area contributed by atoms with Gasteiger partial charge in [0.2, 0.25) is 21.8 Å². The second-order valence-corrected chi connectivity index (χ2v) is 12.5. The summed E-state index contributed by atoms with van der Waals surface area (Å²) in [4.78, 5) is 27.9. The molecule has 0 aliphatic heterocycles. The van der Waals surface area contributed by atoms with Gasteiger partial charge >= 0.3 is 6.18 Å². The number of carbonyl (C=O) groups excluding carboxylic acids is 2. The summed E-state index contributed by atoms with van der Waals surface area (Å²) in [5.41, 5.74) is -0.928. The molecule has 2 aromatic rings. The molecule has 1 atom stereocenters. The molecule has 1 aliphatic rings. The first-order valence-corrected chi connectivity index (χ1v) is 14.9. The van der Waals surface area contributed by atoms with E-state index in [4.69, 9.17) is 11.6 Å². The van der Waals surface area contributed by atoms with Crippen molar-refractivity contribution in [2.45, 2.75) is 57.4 Å². The van der Waals surface area contributed by atoms with Gasteiger partial charge in [-0.2, -0.15) is 13.2 Å². The zero-order valence-electron chi connectivity index (χ0n) is 20.8. The third-order valence-corrected chi connectivity index (χ3v) is 8.33. The van der Waals surface area contributed by atoms with Crippen LogP contribution in [0.3, 0.4) is 0 Å². The largest absolute Gasteiger partial charge is 0.416 e. The highest BCUT2D eigenvalue weighted by atomic mass is 79.9. The van der Waals surface area contributed by atoms with Crippen LogP contribution >= 0.6 is 27.5 Å². The van der Waals surface area contributed by atoms with Crippen molar-refractivity contribution in [3.05, 3.63) is 63.1 Å². The molecule has 0 spiro atoms. The Morgan fingerprint density at radius 2 is 1.74 bits per heavy atom. The van der Waals surface area contributed by atoms with Gasteiger partial charge in [0.05, 0.1) is 22.5 Å². The zero-order chi connectivity index (χ0) is 28.3. The molecule has 2 aromatic carbocycles. The molecule has 2 amide bonds. The van der Waals surface area contributed by atoms with Gasteiger partial charge < -0.3 is 10.2 Å². The van der Waals surface area contributed by atoms with Gasteiger partial charge in [0.1, 0.15) is 12.6 Å². The van der Waals surface area contributed by atoms with Crippen molar-refractivity contribution in [1.29, 1.82) is 0 Å². The average Bonchev–Trinajstić information content (AvgIpc) is 3.33. The summed E-state index contributed by atoms with van der Waals surface area (Å²) in [5, 5.41) is 2.66. The number of nitrogens with one attached hydrogen (secondary N) is 1. The molecule has 1 fully saturated rings. The minimum absolute atomic E-state index is 0.00832. The first-order chi connectivity index (χ1) is 17.7. The SMILES string of the molecule is CC(C(=O)NC1CCCC1)N(Cc1ccc(Br)cc1)C(=O)CN(c1cc(C(F)(F)F)ccc1Cl)S(C)(=O)=O. The molecule has 3 rings (SSSR count). The summed E-state index contributed by atoms with van der Waals surface area (Å²) in [6, 6.07) is 8.25. The van der Waals surface area contributed by atoms with Gasteiger partial charge in [-0.15, -0.1) is 0 Å². The molecule has 0 radical (unpaired) electrons. The summed E-state index contributed by atoms with van der Waals surface area (Å²) in [5.74, 6) is -1.17. The molecule has 0 heterocycles. The number of halogens is 5. The van der Waals surface area contributed by atoms with Crippen molar-refractivity contribution in [3.63, 3.8) is 0 Å². The van der Waals surface area contributed by atoms with Crippen LogP contribution in [0.1, 0.15) is 43.7 Å². The number of sulfonamides is 1. The molecular weight excluding hydrogens is 611 g/mol. The smallest absolute Gasteiger partial charge is 0.352 e. The molecule has 0 saturated heterocycles. The number of carbonyl (C=O) groups is 2. The minimum atomic E-state index is -4.76. The van der Waals surface area contributed by atoms with E-state index in [1.165, 1.54) is 11.8 Å².